The lowest BCUT2D eigenvalue weighted by Crippen LogP contribution is -2.13. The SMILES string of the molecule is O=C(O)C(c1cccnc1)c1ccc2ocnc2c1. The lowest BCUT2D eigenvalue weighted by molar-refractivity contribution is -0.137. The van der Waals surface area contributed by atoms with E-state index in [2.05, 4.69) is 9.97 Å². The molecule has 2 heterocycles. The van der Waals surface area contributed by atoms with Gasteiger partial charge in [0.2, 0.25) is 0 Å². The number of carboxylic acids is 1. The van der Waals surface area contributed by atoms with Crippen LogP contribution in [0.2, 0.25) is 0 Å². The van der Waals surface area contributed by atoms with Crippen LogP contribution in [0.1, 0.15) is 17.0 Å². The third-order valence-corrected chi connectivity index (χ3v) is 2.95. The number of hydrogen-bond donors (Lipinski definition) is 1. The molecule has 0 fully saturated rings. The molecule has 0 amide bonds. The van der Waals surface area contributed by atoms with Gasteiger partial charge in [-0.2, -0.15) is 0 Å². The molecule has 1 aromatic carbocycles. The van der Waals surface area contributed by atoms with Crippen molar-refractivity contribution in [1.82, 2.24) is 9.97 Å². The molecule has 0 aliphatic carbocycles. The van der Waals surface area contributed by atoms with Crippen LogP contribution in [0.4, 0.5) is 0 Å². The second kappa shape index (κ2) is 4.53. The van der Waals surface area contributed by atoms with Crippen LogP contribution >= 0.6 is 0 Å². The molecule has 5 heteroatoms. The summed E-state index contributed by atoms with van der Waals surface area (Å²) in [6, 6.07) is 8.66. The van der Waals surface area contributed by atoms with Crippen LogP contribution in [-0.2, 0) is 4.79 Å². The maximum absolute atomic E-state index is 11.5. The molecular formula is C14H10N2O3. The lowest BCUT2D eigenvalue weighted by Gasteiger charge is -2.12. The minimum atomic E-state index is -0.921. The first-order valence-corrected chi connectivity index (χ1v) is 5.71. The Kier molecular flexibility index (Phi) is 2.72. The van der Waals surface area contributed by atoms with E-state index in [9.17, 15) is 9.90 Å². The van der Waals surface area contributed by atoms with Crippen molar-refractivity contribution in [1.29, 1.82) is 0 Å². The minimum Gasteiger partial charge on any atom is -0.481 e. The van der Waals surface area contributed by atoms with Crippen LogP contribution in [0, 0.1) is 0 Å². The fourth-order valence-corrected chi connectivity index (χ4v) is 2.08. The highest BCUT2D eigenvalue weighted by atomic mass is 16.4. The van der Waals surface area contributed by atoms with Crippen LogP contribution in [0.5, 0.6) is 0 Å². The molecule has 0 aliphatic heterocycles. The van der Waals surface area contributed by atoms with Crippen molar-refractivity contribution in [3.05, 3.63) is 60.2 Å². The van der Waals surface area contributed by atoms with E-state index in [-0.39, 0.29) is 0 Å². The molecule has 0 bridgehead atoms. The molecule has 1 atom stereocenters. The zero-order valence-corrected chi connectivity index (χ0v) is 9.85. The van der Waals surface area contributed by atoms with Gasteiger partial charge in [0.05, 0.1) is 0 Å². The molecule has 94 valence electrons. The Labute approximate surface area is 108 Å². The lowest BCUT2D eigenvalue weighted by atomic mass is 9.92. The van der Waals surface area contributed by atoms with Crippen molar-refractivity contribution in [3.8, 4) is 0 Å². The van der Waals surface area contributed by atoms with E-state index in [4.69, 9.17) is 4.42 Å². The fourth-order valence-electron chi connectivity index (χ4n) is 2.08. The summed E-state index contributed by atoms with van der Waals surface area (Å²) in [4.78, 5) is 19.5. The number of pyridine rings is 1. The first-order chi connectivity index (χ1) is 9.25. The zero-order valence-electron chi connectivity index (χ0n) is 9.85. The molecule has 0 spiro atoms. The van der Waals surface area contributed by atoms with E-state index in [1.165, 1.54) is 6.39 Å². The number of carbonyl (C=O) groups is 1. The van der Waals surface area contributed by atoms with Gasteiger partial charge in [-0.1, -0.05) is 12.1 Å². The summed E-state index contributed by atoms with van der Waals surface area (Å²) in [5.41, 5.74) is 2.58. The summed E-state index contributed by atoms with van der Waals surface area (Å²) in [5, 5.41) is 9.43. The van der Waals surface area contributed by atoms with Gasteiger partial charge in [-0.05, 0) is 29.3 Å². The van der Waals surface area contributed by atoms with Crippen molar-refractivity contribution in [2.24, 2.45) is 0 Å². The van der Waals surface area contributed by atoms with Crippen LogP contribution in [0.3, 0.4) is 0 Å². The highest BCUT2D eigenvalue weighted by Gasteiger charge is 2.22. The van der Waals surface area contributed by atoms with Crippen molar-refractivity contribution in [2.75, 3.05) is 0 Å². The Morgan fingerprint density at radius 2 is 2.16 bits per heavy atom. The molecule has 0 aliphatic rings. The van der Waals surface area contributed by atoms with Gasteiger partial charge in [0.1, 0.15) is 11.4 Å². The number of carboxylic acid groups (broad SMARTS) is 1. The predicted molar refractivity (Wildman–Crippen MR) is 67.7 cm³/mol. The summed E-state index contributed by atoms with van der Waals surface area (Å²) in [7, 11) is 0. The molecule has 3 rings (SSSR count). The summed E-state index contributed by atoms with van der Waals surface area (Å²) in [5.74, 6) is -1.68. The highest BCUT2D eigenvalue weighted by molar-refractivity contribution is 5.83. The number of hydrogen-bond acceptors (Lipinski definition) is 4. The Morgan fingerprint density at radius 1 is 1.26 bits per heavy atom. The van der Waals surface area contributed by atoms with E-state index in [0.717, 1.165) is 0 Å². The molecule has 5 nitrogen and oxygen atoms in total. The van der Waals surface area contributed by atoms with E-state index >= 15 is 0 Å². The summed E-state index contributed by atoms with van der Waals surface area (Å²) in [6.45, 7) is 0. The van der Waals surface area contributed by atoms with Crippen molar-refractivity contribution in [2.45, 2.75) is 5.92 Å². The average Bonchev–Trinajstić information content (AvgIpc) is 2.87. The third-order valence-electron chi connectivity index (χ3n) is 2.95. The zero-order chi connectivity index (χ0) is 13.2. The highest BCUT2D eigenvalue weighted by Crippen LogP contribution is 2.27. The van der Waals surface area contributed by atoms with Gasteiger partial charge in [0.15, 0.2) is 12.0 Å². The number of aromatic nitrogens is 2. The Hall–Kier alpha value is -2.69. The quantitative estimate of drug-likeness (QED) is 0.776. The second-order valence-electron chi connectivity index (χ2n) is 4.14. The normalized spacial score (nSPS) is 12.4. The number of fused-ring (bicyclic) bond motifs is 1. The summed E-state index contributed by atoms with van der Waals surface area (Å²) >= 11 is 0. The van der Waals surface area contributed by atoms with Crippen LogP contribution in [0.15, 0.2) is 53.5 Å². The number of aliphatic carboxylic acids is 1. The summed E-state index contributed by atoms with van der Waals surface area (Å²) < 4.78 is 5.15. The fraction of sp³-hybridized carbons (Fsp3) is 0.0714. The van der Waals surface area contributed by atoms with E-state index < -0.39 is 11.9 Å². The predicted octanol–water partition coefficient (Wildman–Crippen LogP) is 2.44. The van der Waals surface area contributed by atoms with Crippen molar-refractivity contribution in [3.63, 3.8) is 0 Å². The first kappa shape index (κ1) is 11.4. The Morgan fingerprint density at radius 3 is 2.89 bits per heavy atom. The molecule has 0 saturated carbocycles. The van der Waals surface area contributed by atoms with Gasteiger partial charge >= 0.3 is 5.97 Å². The molecule has 19 heavy (non-hydrogen) atoms. The number of oxazole rings is 1. The van der Waals surface area contributed by atoms with Gasteiger partial charge in [0.25, 0.3) is 0 Å². The Balaban J connectivity index is 2.12. The van der Waals surface area contributed by atoms with Crippen molar-refractivity contribution < 1.29 is 14.3 Å². The van der Waals surface area contributed by atoms with E-state index in [1.807, 2.05) is 0 Å². The molecule has 1 unspecified atom stereocenters. The van der Waals surface area contributed by atoms with Gasteiger partial charge in [-0.25, -0.2) is 4.98 Å². The standard InChI is InChI=1S/C14H10N2O3/c17-14(18)13(10-2-1-5-15-7-10)9-3-4-12-11(6-9)16-8-19-12/h1-8,13H,(H,17,18). The monoisotopic (exact) mass is 254 g/mol. The van der Waals surface area contributed by atoms with E-state index in [1.54, 1.807) is 42.7 Å². The number of benzene rings is 1. The average molecular weight is 254 g/mol. The topological polar surface area (TPSA) is 76.2 Å². The first-order valence-electron chi connectivity index (χ1n) is 5.71. The van der Waals surface area contributed by atoms with E-state index in [0.29, 0.717) is 22.2 Å². The van der Waals surface area contributed by atoms with Crippen LogP contribution < -0.4 is 0 Å². The number of nitrogens with zero attached hydrogens (tertiary/aromatic N) is 2. The van der Waals surface area contributed by atoms with Crippen molar-refractivity contribution >= 4 is 17.1 Å². The molecule has 3 aromatic rings. The van der Waals surface area contributed by atoms with Gasteiger partial charge in [-0.3, -0.25) is 9.78 Å². The van der Waals surface area contributed by atoms with Gasteiger partial charge in [0, 0.05) is 12.4 Å². The maximum Gasteiger partial charge on any atom is 0.315 e. The molecule has 2 aromatic heterocycles. The van der Waals surface area contributed by atoms with Gasteiger partial charge < -0.3 is 9.52 Å². The summed E-state index contributed by atoms with van der Waals surface area (Å²) in [6.07, 6.45) is 4.52. The number of rotatable bonds is 3. The second-order valence-corrected chi connectivity index (χ2v) is 4.14. The Bertz CT molecular complexity index is 722. The smallest absolute Gasteiger partial charge is 0.315 e. The van der Waals surface area contributed by atoms with Crippen LogP contribution in [-0.4, -0.2) is 21.0 Å². The third kappa shape index (κ3) is 2.06. The maximum atomic E-state index is 11.5. The molecule has 0 saturated heterocycles. The largest absolute Gasteiger partial charge is 0.481 e. The minimum absolute atomic E-state index is 0.637. The van der Waals surface area contributed by atoms with Crippen LogP contribution in [0.25, 0.3) is 11.1 Å². The van der Waals surface area contributed by atoms with Gasteiger partial charge in [-0.15, -0.1) is 0 Å². The molecule has 1 N–H and O–H groups in total. The molecular weight excluding hydrogens is 244 g/mol. The molecule has 0 radical (unpaired) electrons.